The van der Waals surface area contributed by atoms with Crippen molar-refractivity contribution in [1.82, 2.24) is 15.0 Å². The molecule has 0 fully saturated rings. The van der Waals surface area contributed by atoms with Crippen LogP contribution in [-0.4, -0.2) is 15.0 Å². The van der Waals surface area contributed by atoms with E-state index in [4.69, 9.17) is 19.7 Å². The fourth-order valence-electron chi connectivity index (χ4n) is 8.93. The summed E-state index contributed by atoms with van der Waals surface area (Å²) >= 11 is 0. The predicted octanol–water partition coefficient (Wildman–Crippen LogP) is 12.0. The second-order valence-electron chi connectivity index (χ2n) is 14.2. The van der Waals surface area contributed by atoms with Gasteiger partial charge in [0.1, 0.15) is 11.5 Å². The lowest BCUT2D eigenvalue weighted by Gasteiger charge is -2.40. The van der Waals surface area contributed by atoms with Crippen molar-refractivity contribution >= 4 is 10.8 Å². The highest BCUT2D eigenvalue weighted by Gasteiger charge is 2.52. The summed E-state index contributed by atoms with van der Waals surface area (Å²) in [6.45, 7) is 0. The molecule has 2 aliphatic rings. The van der Waals surface area contributed by atoms with E-state index in [0.29, 0.717) is 23.0 Å². The highest BCUT2D eigenvalue weighted by Crippen LogP contribution is 2.64. The fraction of sp³-hybridized carbons (Fsp3) is 0.0196. The monoisotopic (exact) mass is 714 g/mol. The van der Waals surface area contributed by atoms with E-state index in [9.17, 15) is 5.26 Å². The van der Waals surface area contributed by atoms with Crippen LogP contribution >= 0.6 is 0 Å². The summed E-state index contributed by atoms with van der Waals surface area (Å²) in [5.74, 6) is 3.45. The normalized spacial score (nSPS) is 14.6. The summed E-state index contributed by atoms with van der Waals surface area (Å²) in [6.07, 6.45) is 0. The molecule has 0 amide bonds. The number of ether oxygens (including phenoxy) is 1. The van der Waals surface area contributed by atoms with Gasteiger partial charge in [0.25, 0.3) is 0 Å². The summed E-state index contributed by atoms with van der Waals surface area (Å²) < 4.78 is 7.03. The Morgan fingerprint density at radius 2 is 0.964 bits per heavy atom. The van der Waals surface area contributed by atoms with Gasteiger partial charge in [-0.25, -0.2) is 15.0 Å². The number of rotatable bonds is 4. The van der Waals surface area contributed by atoms with Gasteiger partial charge in [0.15, 0.2) is 17.5 Å². The topological polar surface area (TPSA) is 71.7 Å². The zero-order valence-corrected chi connectivity index (χ0v) is 30.0. The van der Waals surface area contributed by atoms with Crippen LogP contribution in [0, 0.1) is 11.3 Å². The number of nitrogens with zero attached hydrogens (tertiary/aromatic N) is 4. The minimum absolute atomic E-state index is 0.611. The van der Waals surface area contributed by atoms with Crippen LogP contribution < -0.4 is 4.74 Å². The van der Waals surface area contributed by atoms with Crippen molar-refractivity contribution in [1.29, 1.82) is 5.26 Å². The van der Waals surface area contributed by atoms with Crippen molar-refractivity contribution in [3.05, 3.63) is 210 Å². The first-order chi connectivity index (χ1) is 27.7. The van der Waals surface area contributed by atoms with Gasteiger partial charge >= 0.3 is 0 Å². The highest BCUT2D eigenvalue weighted by molar-refractivity contribution is 6.02. The largest absolute Gasteiger partial charge is 0.456 e. The molecule has 0 bridgehead atoms. The van der Waals surface area contributed by atoms with E-state index >= 15 is 0 Å². The van der Waals surface area contributed by atoms with Gasteiger partial charge in [-0.3, -0.25) is 0 Å². The van der Waals surface area contributed by atoms with E-state index in [2.05, 4.69) is 97.1 Å². The first-order valence-corrected chi connectivity index (χ1v) is 18.7. The molecule has 0 saturated carbocycles. The second-order valence-corrected chi connectivity index (χ2v) is 14.2. The second kappa shape index (κ2) is 12.4. The molecule has 9 aromatic rings. The van der Waals surface area contributed by atoms with E-state index in [-0.39, 0.29) is 0 Å². The zero-order chi connectivity index (χ0) is 37.2. The van der Waals surface area contributed by atoms with Crippen LogP contribution in [0.25, 0.3) is 67.2 Å². The van der Waals surface area contributed by atoms with Gasteiger partial charge in [-0.15, -0.1) is 0 Å². The third-order valence-corrected chi connectivity index (χ3v) is 11.3. The van der Waals surface area contributed by atoms with Crippen LogP contribution in [-0.2, 0) is 5.41 Å². The third kappa shape index (κ3) is 4.57. The number of fused-ring (bicyclic) bond motifs is 10. The van der Waals surface area contributed by atoms with E-state index < -0.39 is 5.41 Å². The number of benzene rings is 8. The number of para-hydroxylation sites is 2. The van der Waals surface area contributed by atoms with Crippen molar-refractivity contribution in [2.45, 2.75) is 5.41 Å². The molecule has 5 nitrogen and oxygen atoms in total. The Kier molecular flexibility index (Phi) is 7.07. The molecular formula is C51H30N4O. The minimum atomic E-state index is -0.720. The molecule has 2 heterocycles. The number of aromatic nitrogens is 3. The average Bonchev–Trinajstić information content (AvgIpc) is 3.57. The van der Waals surface area contributed by atoms with Crippen molar-refractivity contribution in [3.8, 4) is 74.0 Å². The Hall–Kier alpha value is -7.68. The molecule has 1 atom stereocenters. The Balaban J connectivity index is 1.21. The maximum absolute atomic E-state index is 9.99. The van der Waals surface area contributed by atoms with Crippen molar-refractivity contribution in [2.24, 2.45) is 0 Å². The lowest BCUT2D eigenvalue weighted by molar-refractivity contribution is 0.438. The van der Waals surface area contributed by atoms with Crippen LogP contribution in [0.2, 0.25) is 0 Å². The van der Waals surface area contributed by atoms with E-state index in [1.807, 2.05) is 91.0 Å². The average molecular weight is 715 g/mol. The van der Waals surface area contributed by atoms with Gasteiger partial charge in [0.05, 0.1) is 17.0 Å². The first-order valence-electron chi connectivity index (χ1n) is 18.7. The number of hydrogen-bond donors (Lipinski definition) is 0. The lowest BCUT2D eigenvalue weighted by Crippen LogP contribution is -2.32. The molecule has 5 heteroatoms. The van der Waals surface area contributed by atoms with Gasteiger partial charge in [0.2, 0.25) is 0 Å². The van der Waals surface area contributed by atoms with Gasteiger partial charge in [0, 0.05) is 38.8 Å². The predicted molar refractivity (Wildman–Crippen MR) is 221 cm³/mol. The molecule has 8 aromatic carbocycles. The SMILES string of the molecule is N#Cc1ccc(-c2cccc3c2Oc2ccccc2C32c3ccccc3-c3c(-c4nc(-c5ccccc5)nc(-c5ccccc5)n4)cccc32)c2ccccc12. The Morgan fingerprint density at radius 3 is 1.70 bits per heavy atom. The molecule has 11 rings (SSSR count). The highest BCUT2D eigenvalue weighted by atomic mass is 16.5. The van der Waals surface area contributed by atoms with Gasteiger partial charge in [-0.05, 0) is 45.3 Å². The van der Waals surface area contributed by atoms with Crippen LogP contribution in [0.3, 0.4) is 0 Å². The summed E-state index contributed by atoms with van der Waals surface area (Å²) in [5.41, 5.74) is 11.3. The standard InChI is InChI=1S/C51H30N4O/c52-31-34-29-30-37(36-20-8-7-19-35(34)36)38-22-13-27-44-47(38)56-45-28-12-11-25-42(45)51(44)41-24-10-9-21-39(41)46-40(23-14-26-43(46)51)50-54-48(32-15-3-1-4-16-32)53-49(55-50)33-17-5-2-6-18-33/h1-30H. The maximum atomic E-state index is 9.99. The minimum Gasteiger partial charge on any atom is -0.456 e. The van der Waals surface area contributed by atoms with Gasteiger partial charge in [-0.2, -0.15) is 5.26 Å². The van der Waals surface area contributed by atoms with Gasteiger partial charge < -0.3 is 4.74 Å². The Labute approximate surface area is 323 Å². The molecule has 260 valence electrons. The Bertz CT molecular complexity index is 3020. The molecule has 1 aliphatic carbocycles. The van der Waals surface area contributed by atoms with E-state index in [1.165, 1.54) is 5.56 Å². The molecular weight excluding hydrogens is 685 g/mol. The third-order valence-electron chi connectivity index (χ3n) is 11.3. The zero-order valence-electron chi connectivity index (χ0n) is 30.0. The quantitative estimate of drug-likeness (QED) is 0.181. The van der Waals surface area contributed by atoms with Crippen LogP contribution in [0.4, 0.5) is 0 Å². The number of nitriles is 1. The summed E-state index contributed by atoms with van der Waals surface area (Å²) in [6, 6.07) is 64.8. The summed E-state index contributed by atoms with van der Waals surface area (Å²) in [4.78, 5) is 15.4. The van der Waals surface area contributed by atoms with E-state index in [0.717, 1.165) is 77.9 Å². The summed E-state index contributed by atoms with van der Waals surface area (Å²) in [5, 5.41) is 11.9. The molecule has 1 aromatic heterocycles. The first kappa shape index (κ1) is 31.8. The van der Waals surface area contributed by atoms with Crippen LogP contribution in [0.1, 0.15) is 27.8 Å². The lowest BCUT2D eigenvalue weighted by atomic mass is 9.65. The maximum Gasteiger partial charge on any atom is 0.164 e. The van der Waals surface area contributed by atoms with Crippen LogP contribution in [0.15, 0.2) is 182 Å². The molecule has 0 saturated heterocycles. The summed E-state index contributed by atoms with van der Waals surface area (Å²) in [7, 11) is 0. The van der Waals surface area contributed by atoms with E-state index in [1.54, 1.807) is 0 Å². The molecule has 0 radical (unpaired) electrons. The van der Waals surface area contributed by atoms with Crippen molar-refractivity contribution in [2.75, 3.05) is 0 Å². The van der Waals surface area contributed by atoms with Crippen molar-refractivity contribution in [3.63, 3.8) is 0 Å². The molecule has 1 unspecified atom stereocenters. The van der Waals surface area contributed by atoms with Crippen LogP contribution in [0.5, 0.6) is 11.5 Å². The Morgan fingerprint density at radius 1 is 0.411 bits per heavy atom. The molecule has 1 aliphatic heterocycles. The van der Waals surface area contributed by atoms with Crippen molar-refractivity contribution < 1.29 is 4.74 Å². The smallest absolute Gasteiger partial charge is 0.164 e. The van der Waals surface area contributed by atoms with Gasteiger partial charge in [-0.1, -0.05) is 170 Å². The number of hydrogen-bond acceptors (Lipinski definition) is 5. The molecule has 1 spiro atoms. The fourth-order valence-corrected chi connectivity index (χ4v) is 8.93. The molecule has 56 heavy (non-hydrogen) atoms. The molecule has 0 N–H and O–H groups in total.